The van der Waals surface area contributed by atoms with Gasteiger partial charge in [-0.1, -0.05) is 43.7 Å². The Morgan fingerprint density at radius 1 is 1.13 bits per heavy atom. The maximum Gasteiger partial charge on any atom is -0.0239 e. The highest BCUT2D eigenvalue weighted by Gasteiger charge is 2.12. The molecule has 0 bridgehead atoms. The lowest BCUT2D eigenvalue weighted by molar-refractivity contribution is 0.838. The highest BCUT2D eigenvalue weighted by molar-refractivity contribution is 5.44. The van der Waals surface area contributed by atoms with E-state index in [1.165, 1.54) is 38.5 Å². The van der Waals surface area contributed by atoms with Gasteiger partial charge in [0.2, 0.25) is 0 Å². The van der Waals surface area contributed by atoms with Crippen LogP contribution >= 0.6 is 0 Å². The summed E-state index contributed by atoms with van der Waals surface area (Å²) in [5.74, 6) is 0. The van der Waals surface area contributed by atoms with E-state index in [2.05, 4.69) is 37.3 Å². The van der Waals surface area contributed by atoms with Crippen LogP contribution in [0.25, 0.3) is 0 Å². The molecule has 0 aliphatic heterocycles. The SMILES string of the molecule is CCCC1=C(C2=CC=CCC2)CCC=C1. The van der Waals surface area contributed by atoms with Crippen LogP contribution < -0.4 is 0 Å². The van der Waals surface area contributed by atoms with Gasteiger partial charge in [0, 0.05) is 0 Å². The van der Waals surface area contributed by atoms with Gasteiger partial charge in [-0.05, 0) is 48.8 Å². The maximum atomic E-state index is 2.35. The predicted molar refractivity (Wildman–Crippen MR) is 66.8 cm³/mol. The molecule has 0 aromatic heterocycles. The van der Waals surface area contributed by atoms with Gasteiger partial charge in [0.25, 0.3) is 0 Å². The summed E-state index contributed by atoms with van der Waals surface area (Å²) in [6, 6.07) is 0. The Balaban J connectivity index is 2.26. The molecule has 0 saturated carbocycles. The van der Waals surface area contributed by atoms with Crippen molar-refractivity contribution in [2.24, 2.45) is 0 Å². The van der Waals surface area contributed by atoms with E-state index in [4.69, 9.17) is 0 Å². The minimum absolute atomic E-state index is 1.22. The molecule has 0 heteroatoms. The van der Waals surface area contributed by atoms with Crippen molar-refractivity contribution in [3.8, 4) is 0 Å². The lowest BCUT2D eigenvalue weighted by Gasteiger charge is -2.19. The summed E-state index contributed by atoms with van der Waals surface area (Å²) in [5, 5.41) is 0. The molecule has 0 fully saturated rings. The largest absolute Gasteiger partial charge is 0.0842 e. The average molecular weight is 200 g/mol. The Bertz CT molecular complexity index is 337. The van der Waals surface area contributed by atoms with E-state index >= 15 is 0 Å². The highest BCUT2D eigenvalue weighted by atomic mass is 14.2. The molecule has 0 unspecified atom stereocenters. The molecule has 0 aromatic rings. The first kappa shape index (κ1) is 10.5. The van der Waals surface area contributed by atoms with Gasteiger partial charge in [-0.2, -0.15) is 0 Å². The summed E-state index contributed by atoms with van der Waals surface area (Å²) in [7, 11) is 0. The van der Waals surface area contributed by atoms with Crippen LogP contribution in [0.3, 0.4) is 0 Å². The van der Waals surface area contributed by atoms with Crippen molar-refractivity contribution in [1.29, 1.82) is 0 Å². The third kappa shape index (κ3) is 2.50. The Morgan fingerprint density at radius 3 is 2.73 bits per heavy atom. The second-order valence-electron chi connectivity index (χ2n) is 4.35. The molecule has 0 aromatic carbocycles. The molecule has 0 spiro atoms. The van der Waals surface area contributed by atoms with Crippen LogP contribution in [-0.4, -0.2) is 0 Å². The van der Waals surface area contributed by atoms with Gasteiger partial charge in [0.15, 0.2) is 0 Å². The van der Waals surface area contributed by atoms with Crippen LogP contribution in [0.5, 0.6) is 0 Å². The molecular formula is C15H20. The second-order valence-corrected chi connectivity index (χ2v) is 4.35. The topological polar surface area (TPSA) is 0 Å². The van der Waals surface area contributed by atoms with Crippen LogP contribution in [0.2, 0.25) is 0 Å². The Hall–Kier alpha value is -1.04. The molecule has 2 aliphatic rings. The number of hydrogen-bond donors (Lipinski definition) is 0. The Morgan fingerprint density at radius 2 is 2.00 bits per heavy atom. The first-order valence-electron chi connectivity index (χ1n) is 6.16. The lowest BCUT2D eigenvalue weighted by Crippen LogP contribution is -2.00. The molecule has 0 N–H and O–H groups in total. The summed E-state index contributed by atoms with van der Waals surface area (Å²) in [6.07, 6.45) is 18.9. The number of allylic oxidation sites excluding steroid dienone is 8. The van der Waals surface area contributed by atoms with E-state index in [0.29, 0.717) is 0 Å². The fraction of sp³-hybridized carbons (Fsp3) is 0.467. The molecule has 80 valence electrons. The normalized spacial score (nSPS) is 20.7. The van der Waals surface area contributed by atoms with Crippen molar-refractivity contribution in [2.45, 2.75) is 45.4 Å². The smallest absolute Gasteiger partial charge is 0.0239 e. The predicted octanol–water partition coefficient (Wildman–Crippen LogP) is 4.71. The first-order valence-corrected chi connectivity index (χ1v) is 6.16. The van der Waals surface area contributed by atoms with E-state index in [9.17, 15) is 0 Å². The van der Waals surface area contributed by atoms with E-state index in [-0.39, 0.29) is 0 Å². The molecule has 0 heterocycles. The molecule has 15 heavy (non-hydrogen) atoms. The van der Waals surface area contributed by atoms with Crippen LogP contribution in [0.4, 0.5) is 0 Å². The molecule has 0 atom stereocenters. The number of rotatable bonds is 3. The third-order valence-electron chi connectivity index (χ3n) is 3.19. The quantitative estimate of drug-likeness (QED) is 0.619. The molecule has 0 radical (unpaired) electrons. The van der Waals surface area contributed by atoms with Crippen molar-refractivity contribution in [3.63, 3.8) is 0 Å². The van der Waals surface area contributed by atoms with Crippen molar-refractivity contribution in [3.05, 3.63) is 47.1 Å². The van der Waals surface area contributed by atoms with Crippen LogP contribution in [0.15, 0.2) is 47.1 Å². The Labute approximate surface area is 93.1 Å². The highest BCUT2D eigenvalue weighted by Crippen LogP contribution is 2.31. The first-order chi connectivity index (χ1) is 7.42. The van der Waals surface area contributed by atoms with Crippen LogP contribution in [0, 0.1) is 0 Å². The molecule has 0 amide bonds. The third-order valence-corrected chi connectivity index (χ3v) is 3.19. The summed E-state index contributed by atoms with van der Waals surface area (Å²) in [6.45, 7) is 2.27. The summed E-state index contributed by atoms with van der Waals surface area (Å²) >= 11 is 0. The standard InChI is InChI=1S/C15H20/c1-2-8-13-11-6-7-12-15(13)14-9-4-3-5-10-14/h3-4,6,9,11H,2,5,7-8,10,12H2,1H3. The lowest BCUT2D eigenvalue weighted by atomic mass is 9.86. The maximum absolute atomic E-state index is 2.35. The van der Waals surface area contributed by atoms with E-state index in [1.54, 1.807) is 16.7 Å². The minimum atomic E-state index is 1.22. The van der Waals surface area contributed by atoms with E-state index in [0.717, 1.165) is 0 Å². The monoisotopic (exact) mass is 200 g/mol. The van der Waals surface area contributed by atoms with Crippen molar-refractivity contribution in [2.75, 3.05) is 0 Å². The fourth-order valence-corrected chi connectivity index (χ4v) is 2.44. The van der Waals surface area contributed by atoms with Crippen molar-refractivity contribution >= 4 is 0 Å². The van der Waals surface area contributed by atoms with E-state index < -0.39 is 0 Å². The zero-order valence-electron chi connectivity index (χ0n) is 9.63. The second kappa shape index (κ2) is 5.16. The van der Waals surface area contributed by atoms with Gasteiger partial charge in [-0.15, -0.1) is 0 Å². The van der Waals surface area contributed by atoms with E-state index in [1.807, 2.05) is 0 Å². The number of hydrogen-bond acceptors (Lipinski definition) is 0. The summed E-state index contributed by atoms with van der Waals surface area (Å²) in [4.78, 5) is 0. The molecule has 2 aliphatic carbocycles. The van der Waals surface area contributed by atoms with Gasteiger partial charge < -0.3 is 0 Å². The van der Waals surface area contributed by atoms with Crippen LogP contribution in [-0.2, 0) is 0 Å². The minimum Gasteiger partial charge on any atom is -0.0842 e. The van der Waals surface area contributed by atoms with Gasteiger partial charge >= 0.3 is 0 Å². The van der Waals surface area contributed by atoms with Crippen molar-refractivity contribution < 1.29 is 0 Å². The molecule has 2 rings (SSSR count). The molecule has 0 nitrogen and oxygen atoms in total. The average Bonchev–Trinajstić information content (AvgIpc) is 2.31. The molecular weight excluding hydrogens is 180 g/mol. The van der Waals surface area contributed by atoms with Gasteiger partial charge in [-0.3, -0.25) is 0 Å². The zero-order chi connectivity index (χ0) is 10.5. The van der Waals surface area contributed by atoms with Gasteiger partial charge in [0.1, 0.15) is 0 Å². The summed E-state index contributed by atoms with van der Waals surface area (Å²) < 4.78 is 0. The van der Waals surface area contributed by atoms with Crippen molar-refractivity contribution in [1.82, 2.24) is 0 Å². The van der Waals surface area contributed by atoms with Gasteiger partial charge in [0.05, 0.1) is 0 Å². The molecule has 0 saturated heterocycles. The Kier molecular flexibility index (Phi) is 3.60. The summed E-state index contributed by atoms with van der Waals surface area (Å²) in [5.41, 5.74) is 4.82. The van der Waals surface area contributed by atoms with Crippen LogP contribution in [0.1, 0.15) is 45.4 Å². The zero-order valence-corrected chi connectivity index (χ0v) is 9.63. The van der Waals surface area contributed by atoms with Gasteiger partial charge in [-0.25, -0.2) is 0 Å². The fourth-order valence-electron chi connectivity index (χ4n) is 2.44.